The quantitative estimate of drug-likeness (QED) is 0.295. The highest BCUT2D eigenvalue weighted by molar-refractivity contribution is 7.21. The number of pyridine rings is 1. The molecule has 2 aliphatic rings. The van der Waals surface area contributed by atoms with Gasteiger partial charge in [-0.2, -0.15) is 14.4 Å². The van der Waals surface area contributed by atoms with Crippen molar-refractivity contribution in [3.8, 4) is 6.01 Å². The summed E-state index contributed by atoms with van der Waals surface area (Å²) in [6.45, 7) is 6.35. The lowest BCUT2D eigenvalue weighted by Crippen LogP contribution is -2.44. The number of benzene rings is 1. The van der Waals surface area contributed by atoms with Crippen LogP contribution in [0.25, 0.3) is 21.0 Å². The van der Waals surface area contributed by atoms with Crippen LogP contribution in [0.15, 0.2) is 30.3 Å². The highest BCUT2D eigenvalue weighted by Crippen LogP contribution is 2.41. The first-order valence-corrected chi connectivity index (χ1v) is 13.2. The molecule has 0 radical (unpaired) electrons. The van der Waals surface area contributed by atoms with E-state index in [1.807, 2.05) is 31.2 Å². The summed E-state index contributed by atoms with van der Waals surface area (Å²) >= 11 is 1.48. The van der Waals surface area contributed by atoms with Crippen LogP contribution in [0.5, 0.6) is 6.01 Å². The van der Waals surface area contributed by atoms with Crippen LogP contribution in [-0.4, -0.2) is 53.3 Å². The molecule has 0 unspecified atom stereocenters. The largest absolute Gasteiger partial charge is 0.463 e. The molecule has 1 amide bonds. The number of thiophene rings is 1. The second kappa shape index (κ2) is 9.38. The monoisotopic (exact) mass is 522 g/mol. The van der Waals surface area contributed by atoms with Gasteiger partial charge in [-0.15, -0.1) is 11.3 Å². The Morgan fingerprint density at radius 3 is 2.86 bits per heavy atom. The van der Waals surface area contributed by atoms with E-state index in [0.717, 1.165) is 39.5 Å². The first kappa shape index (κ1) is 23.8. The minimum Gasteiger partial charge on any atom is -0.463 e. The zero-order valence-corrected chi connectivity index (χ0v) is 21.4. The van der Waals surface area contributed by atoms with Gasteiger partial charge < -0.3 is 25.4 Å². The summed E-state index contributed by atoms with van der Waals surface area (Å²) in [6.07, 6.45) is 1.93. The van der Waals surface area contributed by atoms with Gasteiger partial charge in [0.15, 0.2) is 0 Å². The van der Waals surface area contributed by atoms with Gasteiger partial charge in [0.2, 0.25) is 5.95 Å². The maximum Gasteiger partial charge on any atom is 0.321 e. The molecule has 11 heteroatoms. The molecule has 0 aliphatic carbocycles. The Balaban J connectivity index is 1.28. The second-order valence-corrected chi connectivity index (χ2v) is 11.0. The summed E-state index contributed by atoms with van der Waals surface area (Å²) in [5, 5.41) is 11.6. The van der Waals surface area contributed by atoms with E-state index < -0.39 is 5.95 Å². The van der Waals surface area contributed by atoms with Gasteiger partial charge in [-0.3, -0.25) is 4.79 Å². The van der Waals surface area contributed by atoms with Gasteiger partial charge in [0, 0.05) is 39.5 Å². The lowest BCUT2D eigenvalue weighted by molar-refractivity contribution is -0.121. The maximum atomic E-state index is 14.2. The molecule has 2 aliphatic heterocycles. The summed E-state index contributed by atoms with van der Waals surface area (Å²) < 4.78 is 26.1. The number of hydrogen-bond donors (Lipinski definition) is 3. The van der Waals surface area contributed by atoms with Crippen molar-refractivity contribution in [2.24, 2.45) is 5.41 Å². The summed E-state index contributed by atoms with van der Waals surface area (Å²) in [7, 11) is 0. The molecular formula is C26H27FN6O3S. The third-order valence-electron chi connectivity index (χ3n) is 6.61. The molecule has 9 nitrogen and oxygen atoms in total. The summed E-state index contributed by atoms with van der Waals surface area (Å²) in [6, 6.07) is 8.94. The number of amides is 1. The van der Waals surface area contributed by atoms with Crippen LogP contribution >= 0.6 is 11.3 Å². The third kappa shape index (κ3) is 4.64. The Morgan fingerprint density at radius 1 is 1.22 bits per heavy atom. The molecular weight excluding hydrogens is 495 g/mol. The molecule has 3 N–H and O–H groups in total. The van der Waals surface area contributed by atoms with Gasteiger partial charge in [-0.25, -0.2) is 4.98 Å². The number of carbonyl (C=O) groups is 1. The third-order valence-corrected chi connectivity index (χ3v) is 7.76. The van der Waals surface area contributed by atoms with E-state index in [9.17, 15) is 9.18 Å². The van der Waals surface area contributed by atoms with Crippen LogP contribution in [0.3, 0.4) is 0 Å². The van der Waals surface area contributed by atoms with Crippen molar-refractivity contribution in [2.75, 3.05) is 37.0 Å². The minimum atomic E-state index is -0.697. The van der Waals surface area contributed by atoms with Gasteiger partial charge in [0.05, 0.1) is 24.4 Å². The van der Waals surface area contributed by atoms with Gasteiger partial charge >= 0.3 is 6.01 Å². The second-order valence-electron chi connectivity index (χ2n) is 9.92. The molecule has 3 aromatic heterocycles. The highest BCUT2D eigenvalue weighted by Gasteiger charge is 2.34. The van der Waals surface area contributed by atoms with Gasteiger partial charge in [0.25, 0.3) is 5.91 Å². The average Bonchev–Trinajstić information content (AvgIpc) is 3.16. The zero-order valence-electron chi connectivity index (χ0n) is 20.6. The minimum absolute atomic E-state index is 0.0372. The van der Waals surface area contributed by atoms with Crippen LogP contribution in [0.1, 0.15) is 36.4 Å². The fourth-order valence-electron chi connectivity index (χ4n) is 4.68. The van der Waals surface area contributed by atoms with Crippen molar-refractivity contribution >= 4 is 55.6 Å². The van der Waals surface area contributed by atoms with Crippen LogP contribution in [0.4, 0.5) is 21.7 Å². The zero-order chi connectivity index (χ0) is 25.6. The van der Waals surface area contributed by atoms with Crippen molar-refractivity contribution in [2.45, 2.75) is 32.7 Å². The number of nitrogens with zero attached hydrogens (tertiary/aromatic N) is 3. The number of anilines is 3. The van der Waals surface area contributed by atoms with Gasteiger partial charge in [-0.1, -0.05) is 20.3 Å². The van der Waals surface area contributed by atoms with Gasteiger partial charge in [-0.05, 0) is 30.7 Å². The Bertz CT molecular complexity index is 1500. The summed E-state index contributed by atoms with van der Waals surface area (Å²) in [4.78, 5) is 26.4. The topological polar surface area (TPSA) is 110 Å². The molecule has 4 aromatic rings. The van der Waals surface area contributed by atoms with Crippen molar-refractivity contribution < 1.29 is 18.7 Å². The standard InChI is InChI=1S/C26H27FN6O3S/c1-3-4-14-10-28-22-21-15-5-8-19(30-16(15)6-7-17(21)37-23(22)24(34)29-14)32-20-9-18(27)31-25(33-20)36-13-26(2)11-35-12-26/h5-9,14,28H,3-4,10-13H2,1-2H3,(H,29,34)(H,30,31,32,33)/t14-/m1/s1. The molecule has 6 rings (SSSR count). The Kier molecular flexibility index (Phi) is 6.04. The number of halogens is 1. The fraction of sp³-hybridized carbons (Fsp3) is 0.385. The Morgan fingerprint density at radius 2 is 2.08 bits per heavy atom. The predicted molar refractivity (Wildman–Crippen MR) is 141 cm³/mol. The van der Waals surface area contributed by atoms with Crippen molar-refractivity contribution in [3.63, 3.8) is 0 Å². The summed E-state index contributed by atoms with van der Waals surface area (Å²) in [5.41, 5.74) is 1.49. The van der Waals surface area contributed by atoms with Crippen LogP contribution in [0, 0.1) is 11.4 Å². The molecule has 1 fully saturated rings. The first-order valence-electron chi connectivity index (χ1n) is 12.3. The number of carbonyl (C=O) groups excluding carboxylic acids is 1. The number of fused-ring (bicyclic) bond motifs is 5. The predicted octanol–water partition coefficient (Wildman–Crippen LogP) is 4.86. The van der Waals surface area contributed by atoms with E-state index in [0.29, 0.717) is 37.1 Å². The molecule has 1 aromatic carbocycles. The van der Waals surface area contributed by atoms with E-state index in [1.54, 1.807) is 0 Å². The van der Waals surface area contributed by atoms with Crippen molar-refractivity contribution in [3.05, 3.63) is 41.2 Å². The number of rotatable bonds is 7. The fourth-order valence-corrected chi connectivity index (χ4v) is 5.78. The number of hydrogen-bond acceptors (Lipinski definition) is 9. The van der Waals surface area contributed by atoms with Gasteiger partial charge in [0.1, 0.15) is 23.1 Å². The SMILES string of the molecule is CCC[C@@H]1CNc2c(sc3ccc4nc(Nc5cc(F)nc(OCC6(C)COC6)n5)ccc4c23)C(=O)N1. The van der Waals surface area contributed by atoms with Crippen molar-refractivity contribution in [1.82, 2.24) is 20.3 Å². The van der Waals surface area contributed by atoms with E-state index in [2.05, 4.69) is 32.8 Å². The number of nitrogens with one attached hydrogen (secondary N) is 3. The van der Waals surface area contributed by atoms with E-state index in [4.69, 9.17) is 14.5 Å². The molecule has 1 saturated heterocycles. The first-order chi connectivity index (χ1) is 17.9. The van der Waals surface area contributed by atoms with Crippen LogP contribution in [0.2, 0.25) is 0 Å². The van der Waals surface area contributed by atoms with E-state index >= 15 is 0 Å². The molecule has 1 atom stereocenters. The Labute approximate surface area is 216 Å². The number of aromatic nitrogens is 3. The highest BCUT2D eigenvalue weighted by atomic mass is 32.1. The lowest BCUT2D eigenvalue weighted by atomic mass is 9.90. The molecule has 5 heterocycles. The lowest BCUT2D eigenvalue weighted by Gasteiger charge is -2.37. The molecule has 0 spiro atoms. The molecule has 0 bridgehead atoms. The molecule has 37 heavy (non-hydrogen) atoms. The normalized spacial score (nSPS) is 18.5. The van der Waals surface area contributed by atoms with E-state index in [-0.39, 0.29) is 29.2 Å². The average molecular weight is 523 g/mol. The summed E-state index contributed by atoms with van der Waals surface area (Å²) in [5.74, 6) is 0.0128. The maximum absolute atomic E-state index is 14.2. The van der Waals surface area contributed by atoms with Crippen molar-refractivity contribution in [1.29, 1.82) is 0 Å². The van der Waals surface area contributed by atoms with E-state index in [1.165, 1.54) is 17.4 Å². The Hall–Kier alpha value is -3.57. The van der Waals surface area contributed by atoms with Crippen LogP contribution in [-0.2, 0) is 4.74 Å². The molecule has 192 valence electrons. The molecule has 0 saturated carbocycles. The smallest absolute Gasteiger partial charge is 0.321 e. The number of ether oxygens (including phenoxy) is 2. The van der Waals surface area contributed by atoms with Crippen LogP contribution < -0.4 is 20.7 Å².